The molecule has 2 aromatic carbocycles. The predicted molar refractivity (Wildman–Crippen MR) is 106 cm³/mol. The van der Waals surface area contributed by atoms with Crippen molar-refractivity contribution in [1.82, 2.24) is 0 Å². The number of anilines is 1. The third-order valence-corrected chi connectivity index (χ3v) is 4.76. The van der Waals surface area contributed by atoms with E-state index in [1.54, 1.807) is 19.1 Å². The van der Waals surface area contributed by atoms with E-state index in [0.29, 0.717) is 18.8 Å². The number of nitrogens with zero attached hydrogens (tertiary/aromatic N) is 1. The van der Waals surface area contributed by atoms with E-state index in [-0.39, 0.29) is 23.0 Å². The highest BCUT2D eigenvalue weighted by Gasteiger charge is 2.26. The normalized spacial score (nSPS) is 12.7. The van der Waals surface area contributed by atoms with Gasteiger partial charge in [0.2, 0.25) is 0 Å². The summed E-state index contributed by atoms with van der Waals surface area (Å²) in [6.45, 7) is 4.72. The van der Waals surface area contributed by atoms with Crippen molar-refractivity contribution in [2.75, 3.05) is 26.1 Å². The van der Waals surface area contributed by atoms with Crippen LogP contribution in [0.25, 0.3) is 0 Å². The van der Waals surface area contributed by atoms with Crippen molar-refractivity contribution in [3.05, 3.63) is 57.9 Å². The van der Waals surface area contributed by atoms with Crippen LogP contribution in [0.2, 0.25) is 0 Å². The minimum atomic E-state index is -0.541. The van der Waals surface area contributed by atoms with Crippen molar-refractivity contribution >= 4 is 17.3 Å². The molecule has 0 saturated heterocycles. The number of halogens is 1. The summed E-state index contributed by atoms with van der Waals surface area (Å²) >= 11 is 0. The van der Waals surface area contributed by atoms with Crippen molar-refractivity contribution in [3.63, 3.8) is 0 Å². The lowest BCUT2D eigenvalue weighted by Gasteiger charge is -2.24. The van der Waals surface area contributed by atoms with Crippen LogP contribution in [-0.4, -0.2) is 37.6 Å². The number of non-ortho nitro benzene ring substituents is 1. The van der Waals surface area contributed by atoms with E-state index in [2.05, 4.69) is 5.32 Å². The number of likely N-dealkylation sites (N-methyl/N-ethyl adjacent to an activating group) is 1. The van der Waals surface area contributed by atoms with Gasteiger partial charge in [0.25, 0.3) is 11.6 Å². The zero-order chi connectivity index (χ0) is 21.6. The Morgan fingerprint density at radius 3 is 2.41 bits per heavy atom. The number of quaternary nitrogens is 1. The van der Waals surface area contributed by atoms with Crippen molar-refractivity contribution in [3.8, 4) is 11.5 Å². The molecular formula is C20H25FN3O5+. The Morgan fingerprint density at radius 1 is 1.21 bits per heavy atom. The van der Waals surface area contributed by atoms with Crippen LogP contribution in [0.5, 0.6) is 11.5 Å². The number of hydrogen-bond donors (Lipinski definition) is 2. The van der Waals surface area contributed by atoms with Crippen molar-refractivity contribution in [1.29, 1.82) is 0 Å². The number of carbonyl (C=O) groups excluding carboxylic acids is 1. The third kappa shape index (κ3) is 5.41. The average Bonchev–Trinajstić information content (AvgIpc) is 2.71. The van der Waals surface area contributed by atoms with E-state index >= 15 is 0 Å². The average molecular weight is 406 g/mol. The summed E-state index contributed by atoms with van der Waals surface area (Å²) in [5, 5.41) is 13.7. The zero-order valence-corrected chi connectivity index (χ0v) is 16.8. The summed E-state index contributed by atoms with van der Waals surface area (Å²) in [5.41, 5.74) is 0.805. The molecule has 0 heterocycles. The molecule has 9 heteroatoms. The number of rotatable bonds is 9. The summed E-state index contributed by atoms with van der Waals surface area (Å²) in [5.74, 6) is -0.296. The molecule has 0 aromatic heterocycles. The molecule has 156 valence electrons. The molecule has 0 bridgehead atoms. The molecule has 0 aliphatic rings. The van der Waals surface area contributed by atoms with Crippen LogP contribution in [0.3, 0.4) is 0 Å². The molecule has 0 aliphatic heterocycles. The Hall–Kier alpha value is -3.20. The van der Waals surface area contributed by atoms with Crippen LogP contribution in [0.1, 0.15) is 19.4 Å². The van der Waals surface area contributed by atoms with E-state index in [9.17, 15) is 19.3 Å². The van der Waals surface area contributed by atoms with Crippen LogP contribution in [0, 0.1) is 15.9 Å². The standard InChI is InChI=1S/C20H24FN3O5/c1-5-23(12-14-6-8-18(28-3)16(21)10-14)13(2)20(25)22-17-11-15(24(26)27)7-9-19(17)29-4/h6-11,13H,5,12H2,1-4H3,(H,22,25)/p+1/t13-/m1/s1. The summed E-state index contributed by atoms with van der Waals surface area (Å²) in [7, 11) is 2.82. The summed E-state index contributed by atoms with van der Waals surface area (Å²) in [6.07, 6.45) is 0. The van der Waals surface area contributed by atoms with Gasteiger partial charge in [0.05, 0.1) is 31.4 Å². The minimum Gasteiger partial charge on any atom is -0.495 e. The molecular weight excluding hydrogens is 381 g/mol. The van der Waals surface area contributed by atoms with Gasteiger partial charge in [-0.15, -0.1) is 0 Å². The Labute approximate surface area is 168 Å². The first-order valence-corrected chi connectivity index (χ1v) is 9.11. The number of nitrogens with one attached hydrogen (secondary N) is 2. The highest BCUT2D eigenvalue weighted by atomic mass is 19.1. The molecule has 1 amide bonds. The maximum atomic E-state index is 14.0. The SMILES string of the molecule is CC[NH+](Cc1ccc(OC)c(F)c1)[C@H](C)C(=O)Nc1cc([N+](=O)[O-])ccc1OC. The summed E-state index contributed by atoms with van der Waals surface area (Å²) in [4.78, 5) is 24.1. The smallest absolute Gasteiger partial charge is 0.282 e. The molecule has 2 atom stereocenters. The second kappa shape index (κ2) is 9.83. The van der Waals surface area contributed by atoms with Crippen LogP contribution >= 0.6 is 0 Å². The summed E-state index contributed by atoms with van der Waals surface area (Å²) < 4.78 is 24.1. The quantitative estimate of drug-likeness (QED) is 0.492. The Balaban J connectivity index is 2.16. The van der Waals surface area contributed by atoms with E-state index in [4.69, 9.17) is 9.47 Å². The van der Waals surface area contributed by atoms with Crippen LogP contribution in [-0.2, 0) is 11.3 Å². The van der Waals surface area contributed by atoms with Crippen molar-refractivity contribution in [2.45, 2.75) is 26.4 Å². The van der Waals surface area contributed by atoms with Gasteiger partial charge in [-0.2, -0.15) is 0 Å². The molecule has 1 unspecified atom stereocenters. The number of ether oxygens (including phenoxy) is 2. The first-order valence-electron chi connectivity index (χ1n) is 9.11. The molecule has 2 rings (SSSR count). The fourth-order valence-electron chi connectivity index (χ4n) is 3.00. The number of amides is 1. The van der Waals surface area contributed by atoms with Crippen LogP contribution in [0.4, 0.5) is 15.8 Å². The van der Waals surface area contributed by atoms with E-state index < -0.39 is 16.8 Å². The number of carbonyl (C=O) groups is 1. The van der Waals surface area contributed by atoms with Gasteiger partial charge in [0.15, 0.2) is 17.6 Å². The molecule has 0 saturated carbocycles. The van der Waals surface area contributed by atoms with Gasteiger partial charge >= 0.3 is 0 Å². The molecule has 0 aliphatic carbocycles. The Kier molecular flexibility index (Phi) is 7.49. The lowest BCUT2D eigenvalue weighted by molar-refractivity contribution is -0.925. The molecule has 2 aromatic rings. The minimum absolute atomic E-state index is 0.151. The third-order valence-electron chi connectivity index (χ3n) is 4.76. The van der Waals surface area contributed by atoms with Crippen LogP contribution in [0.15, 0.2) is 36.4 Å². The van der Waals surface area contributed by atoms with E-state index in [1.807, 2.05) is 6.92 Å². The number of methoxy groups -OCH3 is 2. The highest BCUT2D eigenvalue weighted by Crippen LogP contribution is 2.28. The van der Waals surface area contributed by atoms with Crippen LogP contribution < -0.4 is 19.7 Å². The second-order valence-electron chi connectivity index (χ2n) is 6.51. The van der Waals surface area contributed by atoms with E-state index in [1.165, 1.54) is 38.5 Å². The van der Waals surface area contributed by atoms with E-state index in [0.717, 1.165) is 10.5 Å². The van der Waals surface area contributed by atoms with Gasteiger partial charge in [-0.1, -0.05) is 0 Å². The number of hydrogen-bond acceptors (Lipinski definition) is 5. The summed E-state index contributed by atoms with van der Waals surface area (Å²) in [6, 6.07) is 8.20. The molecule has 0 fully saturated rings. The first-order chi connectivity index (χ1) is 13.8. The molecule has 8 nitrogen and oxygen atoms in total. The second-order valence-corrected chi connectivity index (χ2v) is 6.51. The largest absolute Gasteiger partial charge is 0.495 e. The zero-order valence-electron chi connectivity index (χ0n) is 16.8. The fraction of sp³-hybridized carbons (Fsp3) is 0.350. The Bertz CT molecular complexity index is 890. The van der Waals surface area contributed by atoms with Gasteiger partial charge in [-0.05, 0) is 38.1 Å². The van der Waals surface area contributed by atoms with Gasteiger partial charge < -0.3 is 19.7 Å². The molecule has 0 radical (unpaired) electrons. The topological polar surface area (TPSA) is 95.1 Å². The Morgan fingerprint density at radius 2 is 1.86 bits per heavy atom. The number of benzene rings is 2. The first kappa shape index (κ1) is 22.1. The molecule has 2 N–H and O–H groups in total. The van der Waals surface area contributed by atoms with Crippen molar-refractivity contribution in [2.24, 2.45) is 0 Å². The lowest BCUT2D eigenvalue weighted by atomic mass is 10.1. The fourth-order valence-corrected chi connectivity index (χ4v) is 3.00. The number of nitro groups is 1. The van der Waals surface area contributed by atoms with Gasteiger partial charge in [0, 0.05) is 17.7 Å². The number of nitro benzene ring substituents is 1. The predicted octanol–water partition coefficient (Wildman–Crippen LogP) is 2.18. The highest BCUT2D eigenvalue weighted by molar-refractivity contribution is 5.95. The maximum absolute atomic E-state index is 14.0. The molecule has 0 spiro atoms. The molecule has 29 heavy (non-hydrogen) atoms. The van der Waals surface area contributed by atoms with Crippen molar-refractivity contribution < 1.29 is 28.5 Å². The lowest BCUT2D eigenvalue weighted by Crippen LogP contribution is -3.15. The maximum Gasteiger partial charge on any atom is 0.282 e. The van der Waals surface area contributed by atoms with Gasteiger partial charge in [-0.25, -0.2) is 4.39 Å². The van der Waals surface area contributed by atoms with Gasteiger partial charge in [-0.3, -0.25) is 14.9 Å². The monoisotopic (exact) mass is 406 g/mol. The van der Waals surface area contributed by atoms with Gasteiger partial charge in [0.1, 0.15) is 12.3 Å².